The summed E-state index contributed by atoms with van der Waals surface area (Å²) < 4.78 is 0. The fourth-order valence-electron chi connectivity index (χ4n) is 3.36. The van der Waals surface area contributed by atoms with Crippen LogP contribution in [-0.2, 0) is 4.79 Å². The number of nitrogens with zero attached hydrogens (tertiary/aromatic N) is 1. The Morgan fingerprint density at radius 3 is 2.72 bits per heavy atom. The monoisotopic (exact) mass is 274 g/mol. The van der Waals surface area contributed by atoms with E-state index in [1.807, 2.05) is 4.90 Å². The first-order chi connectivity index (χ1) is 8.15. The second kappa shape index (κ2) is 7.34. The van der Waals surface area contributed by atoms with Gasteiger partial charge in [0.15, 0.2) is 0 Å². The Balaban J connectivity index is 0.00000162. The standard InChI is InChI=1S/C14H26N2O.ClH/c1-11-4-2-5-12(8-11)9-14(17)16-7-3-6-13(15)10-16;/h11-13H,2-10,15H2,1H3;1H. The van der Waals surface area contributed by atoms with Crippen LogP contribution in [0.15, 0.2) is 0 Å². The molecule has 0 bridgehead atoms. The van der Waals surface area contributed by atoms with Gasteiger partial charge in [0.05, 0.1) is 0 Å². The molecule has 1 amide bonds. The fraction of sp³-hybridized carbons (Fsp3) is 0.929. The fourth-order valence-corrected chi connectivity index (χ4v) is 3.36. The molecule has 2 rings (SSSR count). The molecule has 2 aliphatic rings. The predicted molar refractivity (Wildman–Crippen MR) is 76.8 cm³/mol. The summed E-state index contributed by atoms with van der Waals surface area (Å²) in [6.07, 6.45) is 8.05. The quantitative estimate of drug-likeness (QED) is 0.841. The first-order valence-electron chi connectivity index (χ1n) is 7.18. The van der Waals surface area contributed by atoms with Gasteiger partial charge in [-0.15, -0.1) is 12.4 Å². The van der Waals surface area contributed by atoms with Crippen molar-refractivity contribution in [1.29, 1.82) is 0 Å². The van der Waals surface area contributed by atoms with Gasteiger partial charge in [-0.1, -0.05) is 19.8 Å². The molecule has 3 atom stereocenters. The van der Waals surface area contributed by atoms with Crippen molar-refractivity contribution in [1.82, 2.24) is 4.90 Å². The number of hydrogen-bond acceptors (Lipinski definition) is 2. The number of hydrogen-bond donors (Lipinski definition) is 1. The Hall–Kier alpha value is -0.280. The molecule has 1 saturated heterocycles. The van der Waals surface area contributed by atoms with Gasteiger partial charge in [0.25, 0.3) is 0 Å². The van der Waals surface area contributed by atoms with Crippen molar-refractivity contribution in [3.8, 4) is 0 Å². The van der Waals surface area contributed by atoms with Crippen molar-refractivity contribution in [2.75, 3.05) is 13.1 Å². The highest BCUT2D eigenvalue weighted by atomic mass is 35.5. The number of carbonyl (C=O) groups is 1. The molecule has 1 heterocycles. The van der Waals surface area contributed by atoms with Gasteiger partial charge in [0, 0.05) is 25.6 Å². The third kappa shape index (κ3) is 4.43. The van der Waals surface area contributed by atoms with Gasteiger partial charge in [0.2, 0.25) is 5.91 Å². The number of piperidine rings is 1. The van der Waals surface area contributed by atoms with E-state index >= 15 is 0 Å². The normalized spacial score (nSPS) is 32.8. The summed E-state index contributed by atoms with van der Waals surface area (Å²) in [5.41, 5.74) is 5.92. The molecule has 0 radical (unpaired) electrons. The number of nitrogens with two attached hydrogens (primary N) is 1. The predicted octanol–water partition coefficient (Wildman–Crippen LogP) is 2.57. The van der Waals surface area contributed by atoms with Crippen LogP contribution in [0, 0.1) is 11.8 Å². The van der Waals surface area contributed by atoms with Gasteiger partial charge in [-0.2, -0.15) is 0 Å². The summed E-state index contributed by atoms with van der Waals surface area (Å²) >= 11 is 0. The molecule has 2 fully saturated rings. The van der Waals surface area contributed by atoms with Crippen molar-refractivity contribution in [3.05, 3.63) is 0 Å². The van der Waals surface area contributed by atoms with Crippen LogP contribution in [0.2, 0.25) is 0 Å². The molecule has 2 N–H and O–H groups in total. The van der Waals surface area contributed by atoms with E-state index < -0.39 is 0 Å². The topological polar surface area (TPSA) is 46.3 Å². The molecule has 0 aromatic heterocycles. The molecule has 3 unspecified atom stereocenters. The van der Waals surface area contributed by atoms with Crippen LogP contribution in [-0.4, -0.2) is 29.9 Å². The second-order valence-corrected chi connectivity index (χ2v) is 6.08. The van der Waals surface area contributed by atoms with Gasteiger partial charge in [-0.05, 0) is 37.5 Å². The zero-order chi connectivity index (χ0) is 12.3. The minimum atomic E-state index is 0. The van der Waals surface area contributed by atoms with Crippen LogP contribution in [0.25, 0.3) is 0 Å². The summed E-state index contributed by atoms with van der Waals surface area (Å²) in [6.45, 7) is 4.02. The lowest BCUT2D eigenvalue weighted by molar-refractivity contribution is -0.133. The molecule has 0 aromatic carbocycles. The second-order valence-electron chi connectivity index (χ2n) is 6.08. The highest BCUT2D eigenvalue weighted by Gasteiger charge is 2.26. The first-order valence-corrected chi connectivity index (χ1v) is 7.18. The van der Waals surface area contributed by atoms with Crippen LogP contribution in [0.5, 0.6) is 0 Å². The lowest BCUT2D eigenvalue weighted by atomic mass is 9.80. The molecule has 18 heavy (non-hydrogen) atoms. The number of halogens is 1. The van der Waals surface area contributed by atoms with E-state index in [1.54, 1.807) is 0 Å². The van der Waals surface area contributed by atoms with E-state index in [4.69, 9.17) is 5.73 Å². The number of likely N-dealkylation sites (tertiary alicyclic amines) is 1. The summed E-state index contributed by atoms with van der Waals surface area (Å²) in [5, 5.41) is 0. The van der Waals surface area contributed by atoms with E-state index in [-0.39, 0.29) is 18.4 Å². The Morgan fingerprint density at radius 2 is 2.06 bits per heavy atom. The lowest BCUT2D eigenvalue weighted by Crippen LogP contribution is -2.46. The van der Waals surface area contributed by atoms with Crippen LogP contribution < -0.4 is 5.73 Å². The zero-order valence-electron chi connectivity index (χ0n) is 11.4. The third-order valence-corrected chi connectivity index (χ3v) is 4.32. The summed E-state index contributed by atoms with van der Waals surface area (Å²) in [4.78, 5) is 14.2. The molecule has 3 nitrogen and oxygen atoms in total. The maximum absolute atomic E-state index is 12.2. The highest BCUT2D eigenvalue weighted by Crippen LogP contribution is 2.31. The largest absolute Gasteiger partial charge is 0.341 e. The first kappa shape index (κ1) is 15.8. The number of rotatable bonds is 2. The molecule has 0 spiro atoms. The third-order valence-electron chi connectivity index (χ3n) is 4.32. The molecule has 4 heteroatoms. The van der Waals surface area contributed by atoms with Crippen LogP contribution in [0.4, 0.5) is 0 Å². The van der Waals surface area contributed by atoms with Crippen molar-refractivity contribution in [2.24, 2.45) is 17.6 Å². The average Bonchev–Trinajstić information content (AvgIpc) is 2.29. The van der Waals surface area contributed by atoms with Crippen molar-refractivity contribution >= 4 is 18.3 Å². The highest BCUT2D eigenvalue weighted by molar-refractivity contribution is 5.85. The van der Waals surface area contributed by atoms with E-state index in [2.05, 4.69) is 6.92 Å². The summed E-state index contributed by atoms with van der Waals surface area (Å²) in [5.74, 6) is 1.79. The number of carbonyl (C=O) groups excluding carboxylic acids is 1. The molecular formula is C14H27ClN2O. The SMILES string of the molecule is CC1CCCC(CC(=O)N2CCCC(N)C2)C1.Cl. The lowest BCUT2D eigenvalue weighted by Gasteiger charge is -2.33. The smallest absolute Gasteiger partial charge is 0.222 e. The molecule has 106 valence electrons. The van der Waals surface area contributed by atoms with Crippen LogP contribution in [0.3, 0.4) is 0 Å². The molecule has 1 aliphatic heterocycles. The van der Waals surface area contributed by atoms with Crippen molar-refractivity contribution < 1.29 is 4.79 Å². The van der Waals surface area contributed by atoms with Crippen LogP contribution in [0.1, 0.15) is 51.9 Å². The minimum absolute atomic E-state index is 0. The van der Waals surface area contributed by atoms with Crippen LogP contribution >= 0.6 is 12.4 Å². The Kier molecular flexibility index (Phi) is 6.44. The minimum Gasteiger partial charge on any atom is -0.341 e. The summed E-state index contributed by atoms with van der Waals surface area (Å²) in [6, 6.07) is 0.206. The van der Waals surface area contributed by atoms with Crippen molar-refractivity contribution in [3.63, 3.8) is 0 Å². The number of amides is 1. The van der Waals surface area contributed by atoms with Gasteiger partial charge in [-0.25, -0.2) is 0 Å². The molecule has 1 saturated carbocycles. The Labute approximate surface area is 117 Å². The molecule has 1 aliphatic carbocycles. The molecule has 0 aromatic rings. The average molecular weight is 275 g/mol. The maximum atomic E-state index is 12.2. The van der Waals surface area contributed by atoms with Crippen molar-refractivity contribution in [2.45, 2.75) is 57.9 Å². The van der Waals surface area contributed by atoms with Gasteiger partial charge < -0.3 is 10.6 Å². The Bertz CT molecular complexity index is 273. The van der Waals surface area contributed by atoms with E-state index in [0.717, 1.165) is 38.3 Å². The van der Waals surface area contributed by atoms with Gasteiger partial charge >= 0.3 is 0 Å². The zero-order valence-corrected chi connectivity index (χ0v) is 12.3. The van der Waals surface area contributed by atoms with Gasteiger partial charge in [0.1, 0.15) is 0 Å². The molecular weight excluding hydrogens is 248 g/mol. The maximum Gasteiger partial charge on any atom is 0.222 e. The van der Waals surface area contributed by atoms with E-state index in [9.17, 15) is 4.79 Å². The summed E-state index contributed by atoms with van der Waals surface area (Å²) in [7, 11) is 0. The Morgan fingerprint density at radius 1 is 1.28 bits per heavy atom. The van der Waals surface area contributed by atoms with Gasteiger partial charge in [-0.3, -0.25) is 4.79 Å². The van der Waals surface area contributed by atoms with E-state index in [0.29, 0.717) is 11.8 Å². The van der Waals surface area contributed by atoms with E-state index in [1.165, 1.54) is 25.7 Å².